The molecule has 0 aliphatic heterocycles. The quantitative estimate of drug-likeness (QED) is 0.685. The third kappa shape index (κ3) is 3.02. The van der Waals surface area contributed by atoms with Crippen molar-refractivity contribution < 1.29 is 4.79 Å². The molecule has 0 radical (unpaired) electrons. The average Bonchev–Trinajstić information content (AvgIpc) is 3.10. The lowest BCUT2D eigenvalue weighted by molar-refractivity contribution is -0.125. The number of nitrogens with zero attached hydrogens (tertiary/aromatic N) is 1. The Morgan fingerprint density at radius 2 is 1.37 bits per heavy atom. The molecule has 19 heavy (non-hydrogen) atoms. The van der Waals surface area contributed by atoms with E-state index in [1.165, 1.54) is 0 Å². The lowest BCUT2D eigenvalue weighted by atomic mass is 9.75. The van der Waals surface area contributed by atoms with Gasteiger partial charge in [0.25, 0.3) is 0 Å². The van der Waals surface area contributed by atoms with E-state index in [9.17, 15) is 4.79 Å². The molecule has 0 bridgehead atoms. The van der Waals surface area contributed by atoms with Gasteiger partial charge in [-0.05, 0) is 43.4 Å². The van der Waals surface area contributed by atoms with Gasteiger partial charge in [-0.1, -0.05) is 41.5 Å². The molecule has 0 saturated heterocycles. The summed E-state index contributed by atoms with van der Waals surface area (Å²) in [5.74, 6) is 0.375. The molecule has 108 valence electrons. The number of Topliss-reactive ketones (excluding diaryl/α,β-unsaturated/α-hetero) is 1. The second-order valence-electron chi connectivity index (χ2n) is 8.33. The first-order chi connectivity index (χ1) is 8.42. The van der Waals surface area contributed by atoms with Crippen molar-refractivity contribution in [2.24, 2.45) is 21.7 Å². The lowest BCUT2D eigenvalue weighted by Crippen LogP contribution is -2.28. The molecule has 2 aliphatic rings. The molecule has 0 aromatic rings. The van der Waals surface area contributed by atoms with E-state index in [1.54, 1.807) is 6.92 Å². The average molecular weight is 263 g/mol. The van der Waals surface area contributed by atoms with Crippen molar-refractivity contribution in [2.75, 3.05) is 0 Å². The van der Waals surface area contributed by atoms with Crippen molar-refractivity contribution >= 4 is 5.78 Å². The minimum Gasteiger partial charge on any atom is -0.299 e. The molecule has 0 heterocycles. The first kappa shape index (κ1) is 16.2. The Morgan fingerprint density at radius 3 is 1.37 bits per heavy atom. The van der Waals surface area contributed by atoms with E-state index in [2.05, 4.69) is 47.6 Å². The fraction of sp³-hybridized carbons (Fsp3) is 0.882. The standard InChI is InChI=1S/C9H16O.C8H13N/c1-7(10)9(5-6-9)8(2,3)4;1-7(2,3)8(6-9)4-5-8/h5-6H2,1-4H3;4-5H2,1-3H3. The van der Waals surface area contributed by atoms with E-state index in [-0.39, 0.29) is 21.7 Å². The smallest absolute Gasteiger partial charge is 0.136 e. The summed E-state index contributed by atoms with van der Waals surface area (Å²) in [7, 11) is 0. The molecule has 2 nitrogen and oxygen atoms in total. The monoisotopic (exact) mass is 263 g/mol. The normalized spacial score (nSPS) is 22.6. The maximum absolute atomic E-state index is 11.2. The summed E-state index contributed by atoms with van der Waals surface area (Å²) in [5, 5.41) is 8.74. The van der Waals surface area contributed by atoms with Crippen molar-refractivity contribution in [3.05, 3.63) is 0 Å². The Balaban J connectivity index is 0.000000191. The van der Waals surface area contributed by atoms with Crippen LogP contribution in [0.4, 0.5) is 0 Å². The molecule has 0 N–H and O–H groups in total. The van der Waals surface area contributed by atoms with Gasteiger partial charge in [0.05, 0.1) is 11.5 Å². The van der Waals surface area contributed by atoms with Crippen LogP contribution >= 0.6 is 0 Å². The fourth-order valence-electron chi connectivity index (χ4n) is 2.91. The number of carbonyl (C=O) groups is 1. The van der Waals surface area contributed by atoms with Crippen LogP contribution in [0.25, 0.3) is 0 Å². The van der Waals surface area contributed by atoms with Crippen LogP contribution in [0.1, 0.15) is 74.1 Å². The highest BCUT2D eigenvalue weighted by atomic mass is 16.1. The van der Waals surface area contributed by atoms with Gasteiger partial charge in [-0.25, -0.2) is 0 Å². The second-order valence-corrected chi connectivity index (χ2v) is 8.33. The highest BCUT2D eigenvalue weighted by molar-refractivity contribution is 5.85. The summed E-state index contributed by atoms with van der Waals surface area (Å²) in [5.41, 5.74) is 0.459. The molecular weight excluding hydrogens is 234 g/mol. The van der Waals surface area contributed by atoms with Crippen molar-refractivity contribution in [2.45, 2.75) is 74.1 Å². The summed E-state index contributed by atoms with van der Waals surface area (Å²) in [6, 6.07) is 2.39. The number of nitriles is 1. The Kier molecular flexibility index (Phi) is 3.94. The minimum absolute atomic E-state index is 0.0347. The van der Waals surface area contributed by atoms with Crippen LogP contribution in [0, 0.1) is 33.0 Å². The minimum atomic E-state index is 0.0347. The largest absolute Gasteiger partial charge is 0.299 e. The Hall–Kier alpha value is -0.840. The summed E-state index contributed by atoms with van der Waals surface area (Å²) in [4.78, 5) is 11.2. The number of ketones is 1. The van der Waals surface area contributed by atoms with Crippen LogP contribution in [0.2, 0.25) is 0 Å². The molecule has 2 rings (SSSR count). The molecule has 2 fully saturated rings. The summed E-state index contributed by atoms with van der Waals surface area (Å²) < 4.78 is 0. The molecule has 0 amide bonds. The van der Waals surface area contributed by atoms with Crippen molar-refractivity contribution in [1.29, 1.82) is 5.26 Å². The van der Waals surface area contributed by atoms with E-state index >= 15 is 0 Å². The van der Waals surface area contributed by atoms with Crippen molar-refractivity contribution in [3.8, 4) is 6.07 Å². The third-order valence-corrected chi connectivity index (χ3v) is 5.26. The van der Waals surface area contributed by atoms with Gasteiger partial charge in [-0.15, -0.1) is 0 Å². The molecule has 2 aliphatic carbocycles. The Labute approximate surface area is 118 Å². The highest BCUT2D eigenvalue weighted by Gasteiger charge is 2.55. The molecular formula is C17H29NO. The van der Waals surface area contributed by atoms with Crippen LogP contribution in [0.3, 0.4) is 0 Å². The first-order valence-corrected chi connectivity index (χ1v) is 7.34. The summed E-state index contributed by atoms with van der Waals surface area (Å²) in [6.07, 6.45) is 4.41. The summed E-state index contributed by atoms with van der Waals surface area (Å²) >= 11 is 0. The van der Waals surface area contributed by atoms with E-state index in [4.69, 9.17) is 5.26 Å². The molecule has 0 unspecified atom stereocenters. The van der Waals surface area contributed by atoms with Gasteiger partial charge in [0, 0.05) is 5.41 Å². The predicted molar refractivity (Wildman–Crippen MR) is 78.5 cm³/mol. The van der Waals surface area contributed by atoms with Crippen LogP contribution in [-0.2, 0) is 4.79 Å². The number of carbonyl (C=O) groups excluding carboxylic acids is 1. The maximum atomic E-state index is 11.2. The maximum Gasteiger partial charge on any atom is 0.136 e. The van der Waals surface area contributed by atoms with E-state index in [0.717, 1.165) is 25.7 Å². The number of rotatable bonds is 1. The van der Waals surface area contributed by atoms with E-state index in [1.807, 2.05) is 0 Å². The van der Waals surface area contributed by atoms with Gasteiger partial charge in [-0.3, -0.25) is 4.79 Å². The van der Waals surface area contributed by atoms with Crippen molar-refractivity contribution in [1.82, 2.24) is 0 Å². The molecule has 0 atom stereocenters. The summed E-state index contributed by atoms with van der Waals surface area (Å²) in [6.45, 7) is 14.6. The van der Waals surface area contributed by atoms with Crippen molar-refractivity contribution in [3.63, 3.8) is 0 Å². The van der Waals surface area contributed by atoms with Crippen LogP contribution in [0.15, 0.2) is 0 Å². The molecule has 0 spiro atoms. The zero-order valence-electron chi connectivity index (χ0n) is 13.7. The zero-order chi connectivity index (χ0) is 15.1. The molecule has 2 heteroatoms. The van der Waals surface area contributed by atoms with Crippen LogP contribution < -0.4 is 0 Å². The van der Waals surface area contributed by atoms with Gasteiger partial charge in [0.1, 0.15) is 5.78 Å². The topological polar surface area (TPSA) is 40.9 Å². The van der Waals surface area contributed by atoms with E-state index < -0.39 is 0 Å². The highest BCUT2D eigenvalue weighted by Crippen LogP contribution is 2.59. The predicted octanol–water partition coefficient (Wildman–Crippen LogP) is 4.74. The Morgan fingerprint density at radius 1 is 0.947 bits per heavy atom. The molecule has 0 aromatic heterocycles. The number of hydrogen-bond acceptors (Lipinski definition) is 2. The van der Waals surface area contributed by atoms with Gasteiger partial charge < -0.3 is 0 Å². The van der Waals surface area contributed by atoms with Gasteiger partial charge in [0.2, 0.25) is 0 Å². The zero-order valence-corrected chi connectivity index (χ0v) is 13.7. The molecule has 0 aromatic carbocycles. The van der Waals surface area contributed by atoms with Crippen LogP contribution in [0.5, 0.6) is 0 Å². The van der Waals surface area contributed by atoms with Gasteiger partial charge in [-0.2, -0.15) is 5.26 Å². The number of hydrogen-bond donors (Lipinski definition) is 0. The molecule has 2 saturated carbocycles. The fourth-order valence-corrected chi connectivity index (χ4v) is 2.91. The third-order valence-electron chi connectivity index (χ3n) is 5.26. The van der Waals surface area contributed by atoms with E-state index in [0.29, 0.717) is 5.78 Å². The lowest BCUT2D eigenvalue weighted by Gasteiger charge is -2.28. The first-order valence-electron chi connectivity index (χ1n) is 7.34. The second kappa shape index (κ2) is 4.62. The Bertz CT molecular complexity index is 392. The SMILES string of the molecule is CC(=O)C1(C(C)(C)C)CC1.CC(C)(C)C1(C#N)CC1. The van der Waals surface area contributed by atoms with Gasteiger partial charge in [0.15, 0.2) is 0 Å². The van der Waals surface area contributed by atoms with Gasteiger partial charge >= 0.3 is 0 Å². The van der Waals surface area contributed by atoms with Crippen LogP contribution in [-0.4, -0.2) is 5.78 Å².